The largest absolute Gasteiger partial charge is 0.437 e. The van der Waals surface area contributed by atoms with Crippen molar-refractivity contribution in [2.75, 3.05) is 0 Å². The van der Waals surface area contributed by atoms with Crippen molar-refractivity contribution in [1.82, 2.24) is 4.98 Å². The van der Waals surface area contributed by atoms with Crippen molar-refractivity contribution in [3.63, 3.8) is 0 Å². The maximum absolute atomic E-state index is 13.9. The van der Waals surface area contributed by atoms with Crippen molar-refractivity contribution in [3.8, 4) is 11.6 Å². The molecule has 1 saturated heterocycles. The van der Waals surface area contributed by atoms with Crippen LogP contribution in [0.15, 0.2) is 18.2 Å². The van der Waals surface area contributed by atoms with Gasteiger partial charge in [0.05, 0.1) is 5.02 Å². The summed E-state index contributed by atoms with van der Waals surface area (Å²) in [5.41, 5.74) is -1.01. The van der Waals surface area contributed by atoms with E-state index < -0.39 is 28.1 Å². The zero-order valence-corrected chi connectivity index (χ0v) is 19.9. The molecule has 5 nitrogen and oxygen atoms in total. The van der Waals surface area contributed by atoms with Crippen molar-refractivity contribution < 1.29 is 23.5 Å². The number of pyridine rings is 1. The highest BCUT2D eigenvalue weighted by molar-refractivity contribution is 6.48. The molecule has 1 aliphatic rings. The van der Waals surface area contributed by atoms with Gasteiger partial charge in [-0.3, -0.25) is 9.59 Å². The number of Topliss-reactive ketones (excluding diaryl/α,β-unsaturated/α-hetero) is 2. The number of hydrogen-bond donors (Lipinski definition) is 0. The molecule has 2 aromatic rings. The summed E-state index contributed by atoms with van der Waals surface area (Å²) in [6, 6.07) is 4.92. The molecule has 1 aromatic carbocycles. The second-order valence-electron chi connectivity index (χ2n) is 8.25. The molecule has 0 N–H and O–H groups in total. The lowest BCUT2D eigenvalue weighted by Crippen LogP contribution is -2.58. The summed E-state index contributed by atoms with van der Waals surface area (Å²) in [7, 11) is 0. The van der Waals surface area contributed by atoms with Crippen molar-refractivity contribution >= 4 is 46.4 Å². The molecule has 2 heterocycles. The van der Waals surface area contributed by atoms with E-state index in [9.17, 15) is 14.0 Å². The molecule has 1 aliphatic heterocycles. The molecule has 166 valence electrons. The van der Waals surface area contributed by atoms with Crippen molar-refractivity contribution in [2.24, 2.45) is 0 Å². The number of carbonyl (C=O) groups excluding carboxylic acids is 2. The topological polar surface area (TPSA) is 65.5 Å². The second-order valence-corrected chi connectivity index (χ2v) is 9.38. The van der Waals surface area contributed by atoms with Gasteiger partial charge in [-0.05, 0) is 57.4 Å². The van der Waals surface area contributed by atoms with E-state index in [1.165, 1.54) is 0 Å². The standard InChI is InChI=1S/C22H21Cl3FNO4/c1-6-10-7-8-11(30-20-16(25)14(23)15(24)19(26)27-20)9-12(10)13-17(28)21(2,3)31-22(4,5)18(13)29/h7-9,13H,6H2,1-5H3. The predicted octanol–water partition coefficient (Wildman–Crippen LogP) is 6.34. The molecular weight excluding hydrogens is 468 g/mol. The lowest BCUT2D eigenvalue weighted by molar-refractivity contribution is -0.184. The minimum atomic E-state index is -1.15. The highest BCUT2D eigenvalue weighted by Crippen LogP contribution is 2.42. The molecule has 3 rings (SSSR count). The number of halogens is 4. The molecule has 0 saturated carbocycles. The quantitative estimate of drug-likeness (QED) is 0.371. The molecule has 9 heteroatoms. The molecular formula is C22H21Cl3FNO4. The Labute approximate surface area is 194 Å². The van der Waals surface area contributed by atoms with Gasteiger partial charge in [0.2, 0.25) is 11.8 Å². The third kappa shape index (κ3) is 4.31. The minimum absolute atomic E-state index is 0.158. The number of aryl methyl sites for hydroxylation is 1. The Bertz CT molecular complexity index is 1060. The van der Waals surface area contributed by atoms with Crippen LogP contribution in [0, 0.1) is 5.95 Å². The summed E-state index contributed by atoms with van der Waals surface area (Å²) in [5.74, 6) is -2.84. The maximum Gasteiger partial charge on any atom is 0.242 e. The zero-order valence-electron chi connectivity index (χ0n) is 17.6. The number of rotatable bonds is 4. The summed E-state index contributed by atoms with van der Waals surface area (Å²) >= 11 is 17.7. The number of carbonyl (C=O) groups is 2. The van der Waals surface area contributed by atoms with Gasteiger partial charge in [-0.15, -0.1) is 0 Å². The molecule has 0 amide bonds. The molecule has 0 bridgehead atoms. The Morgan fingerprint density at radius 3 is 2.16 bits per heavy atom. The Morgan fingerprint density at radius 2 is 1.61 bits per heavy atom. The zero-order chi connectivity index (χ0) is 23.3. The first-order chi connectivity index (χ1) is 14.3. The first-order valence-corrected chi connectivity index (χ1v) is 10.7. The van der Waals surface area contributed by atoms with Gasteiger partial charge in [0.25, 0.3) is 0 Å². The maximum atomic E-state index is 13.9. The number of nitrogens with zero attached hydrogens (tertiary/aromatic N) is 1. The van der Waals surface area contributed by atoms with E-state index in [0.717, 1.165) is 5.56 Å². The van der Waals surface area contributed by atoms with Crippen LogP contribution in [0.25, 0.3) is 0 Å². The van der Waals surface area contributed by atoms with E-state index >= 15 is 0 Å². The highest BCUT2D eigenvalue weighted by atomic mass is 35.5. The van der Waals surface area contributed by atoms with Gasteiger partial charge in [-0.2, -0.15) is 9.37 Å². The number of benzene rings is 1. The van der Waals surface area contributed by atoms with E-state index in [0.29, 0.717) is 12.0 Å². The molecule has 1 aromatic heterocycles. The second kappa shape index (κ2) is 8.32. The van der Waals surface area contributed by atoms with Crippen LogP contribution >= 0.6 is 34.8 Å². The Hall–Kier alpha value is -1.73. The lowest BCUT2D eigenvalue weighted by Gasteiger charge is -2.43. The first-order valence-electron chi connectivity index (χ1n) is 9.59. The van der Waals surface area contributed by atoms with Crippen LogP contribution in [0.2, 0.25) is 15.1 Å². The normalized spacial score (nSPS) is 18.4. The number of ether oxygens (including phenoxy) is 2. The van der Waals surface area contributed by atoms with Gasteiger partial charge in [0.1, 0.15) is 32.9 Å². The number of hydrogen-bond acceptors (Lipinski definition) is 5. The monoisotopic (exact) mass is 487 g/mol. The van der Waals surface area contributed by atoms with Crippen LogP contribution < -0.4 is 4.74 Å². The fraction of sp³-hybridized carbons (Fsp3) is 0.409. The Morgan fingerprint density at radius 1 is 1.03 bits per heavy atom. The van der Waals surface area contributed by atoms with Crippen molar-refractivity contribution in [2.45, 2.75) is 58.2 Å². The van der Waals surface area contributed by atoms with Gasteiger partial charge in [0.15, 0.2) is 11.6 Å². The SMILES string of the molecule is CCc1ccc(Oc2nc(F)c(Cl)c(Cl)c2Cl)cc1C1C(=O)C(C)(C)OC(C)(C)C1=O. The predicted molar refractivity (Wildman–Crippen MR) is 117 cm³/mol. The van der Waals surface area contributed by atoms with Crippen LogP contribution in [0.1, 0.15) is 51.7 Å². The van der Waals surface area contributed by atoms with Crippen LogP contribution in [0.3, 0.4) is 0 Å². The van der Waals surface area contributed by atoms with E-state index in [-0.39, 0.29) is 33.2 Å². The van der Waals surface area contributed by atoms with Gasteiger partial charge >= 0.3 is 0 Å². The van der Waals surface area contributed by atoms with Crippen LogP contribution in [0.5, 0.6) is 11.6 Å². The Kier molecular flexibility index (Phi) is 6.42. The average molecular weight is 489 g/mol. The summed E-state index contributed by atoms with van der Waals surface area (Å²) in [5, 5.41) is -0.798. The van der Waals surface area contributed by atoms with Gasteiger partial charge in [0, 0.05) is 0 Å². The number of aromatic nitrogens is 1. The molecule has 1 fully saturated rings. The third-order valence-electron chi connectivity index (χ3n) is 5.20. The fourth-order valence-electron chi connectivity index (χ4n) is 3.71. The molecule has 0 aliphatic carbocycles. The third-order valence-corrected chi connectivity index (χ3v) is 6.47. The van der Waals surface area contributed by atoms with E-state index in [4.69, 9.17) is 44.3 Å². The van der Waals surface area contributed by atoms with Crippen molar-refractivity contribution in [3.05, 3.63) is 50.3 Å². The fourth-order valence-corrected chi connectivity index (χ4v) is 4.23. The summed E-state index contributed by atoms with van der Waals surface area (Å²) in [6.45, 7) is 8.49. The van der Waals surface area contributed by atoms with Crippen molar-refractivity contribution in [1.29, 1.82) is 0 Å². The summed E-state index contributed by atoms with van der Waals surface area (Å²) < 4.78 is 25.3. The van der Waals surface area contributed by atoms with Gasteiger partial charge in [-0.1, -0.05) is 47.8 Å². The summed E-state index contributed by atoms with van der Waals surface area (Å²) in [6.07, 6.45) is 0.578. The van der Waals surface area contributed by atoms with E-state index in [1.807, 2.05) is 6.92 Å². The van der Waals surface area contributed by atoms with Crippen LogP contribution in [-0.2, 0) is 20.7 Å². The molecule has 31 heavy (non-hydrogen) atoms. The highest BCUT2D eigenvalue weighted by Gasteiger charge is 2.53. The van der Waals surface area contributed by atoms with Gasteiger partial charge < -0.3 is 9.47 Å². The number of ketones is 2. The molecule has 0 spiro atoms. The van der Waals surface area contributed by atoms with E-state index in [2.05, 4.69) is 4.98 Å². The smallest absolute Gasteiger partial charge is 0.242 e. The molecule has 0 radical (unpaired) electrons. The average Bonchev–Trinajstić information content (AvgIpc) is 2.69. The van der Waals surface area contributed by atoms with Crippen LogP contribution in [-0.4, -0.2) is 27.8 Å². The Balaban J connectivity index is 2.10. The molecule has 0 unspecified atom stereocenters. The summed E-state index contributed by atoms with van der Waals surface area (Å²) in [4.78, 5) is 29.9. The molecule has 0 atom stereocenters. The lowest BCUT2D eigenvalue weighted by atomic mass is 9.73. The minimum Gasteiger partial charge on any atom is -0.437 e. The first kappa shape index (κ1) is 23.9. The van der Waals surface area contributed by atoms with Gasteiger partial charge in [-0.25, -0.2) is 0 Å². The van der Waals surface area contributed by atoms with E-state index in [1.54, 1.807) is 45.9 Å². The van der Waals surface area contributed by atoms with Crippen LogP contribution in [0.4, 0.5) is 4.39 Å².